The van der Waals surface area contributed by atoms with E-state index in [2.05, 4.69) is 15.0 Å². The van der Waals surface area contributed by atoms with E-state index in [-0.39, 0.29) is 11.2 Å². The molecule has 0 amide bonds. The Bertz CT molecular complexity index is 717. The second-order valence-electron chi connectivity index (χ2n) is 4.56. The second-order valence-corrected chi connectivity index (χ2v) is 4.56. The van der Waals surface area contributed by atoms with Gasteiger partial charge in [0.2, 0.25) is 5.95 Å². The van der Waals surface area contributed by atoms with Gasteiger partial charge < -0.3 is 20.1 Å². The predicted molar refractivity (Wildman–Crippen MR) is 65.9 cm³/mol. The largest absolute Gasteiger partial charge is 0.394 e. The molecular weight excluding hydrogens is 289 g/mol. The van der Waals surface area contributed by atoms with E-state index in [0.717, 1.165) is 0 Å². The normalized spacial score (nSPS) is 29.1. The van der Waals surface area contributed by atoms with Gasteiger partial charge in [0.25, 0.3) is 5.56 Å². The van der Waals surface area contributed by atoms with Crippen LogP contribution in [0.2, 0.25) is 0 Å². The monoisotopic (exact) mass is 301 g/mol. The minimum Gasteiger partial charge on any atom is -0.394 e. The van der Waals surface area contributed by atoms with Crippen molar-refractivity contribution in [3.8, 4) is 0 Å². The van der Waals surface area contributed by atoms with Gasteiger partial charge in [-0.15, -0.1) is 4.48 Å². The van der Waals surface area contributed by atoms with E-state index in [1.54, 1.807) is 0 Å². The molecule has 11 heteroatoms. The summed E-state index contributed by atoms with van der Waals surface area (Å²) in [4.78, 5) is 21.4. The summed E-state index contributed by atoms with van der Waals surface area (Å²) in [7, 11) is 0. The van der Waals surface area contributed by atoms with E-state index in [0.29, 0.717) is 0 Å². The first-order valence-corrected chi connectivity index (χ1v) is 6.02. The Kier molecular flexibility index (Phi) is 3.33. The number of rotatable bonds is 3. The molecule has 21 heavy (non-hydrogen) atoms. The van der Waals surface area contributed by atoms with E-state index in [1.165, 1.54) is 16.4 Å². The highest BCUT2D eigenvalue weighted by Crippen LogP contribution is 2.30. The first-order chi connectivity index (χ1) is 10.1. The lowest BCUT2D eigenvalue weighted by atomic mass is 10.1. The molecule has 3 heterocycles. The molecule has 0 spiro atoms. The number of hydrogen-bond donors (Lipinski definition) is 5. The fourth-order valence-electron chi connectivity index (χ4n) is 2.27. The topological polar surface area (TPSA) is 146 Å². The van der Waals surface area contributed by atoms with E-state index in [1.807, 2.05) is 0 Å². The first-order valence-electron chi connectivity index (χ1n) is 6.02. The minimum absolute atomic E-state index is 0.0336. The quantitative estimate of drug-likeness (QED) is 0.410. The van der Waals surface area contributed by atoms with Gasteiger partial charge in [0, 0.05) is 0 Å². The number of imidazole rings is 1. The molecule has 0 aromatic carbocycles. The van der Waals surface area contributed by atoms with Crippen molar-refractivity contribution in [3.63, 3.8) is 0 Å². The number of nitrogens with one attached hydrogen (secondary N) is 2. The summed E-state index contributed by atoms with van der Waals surface area (Å²) in [5.41, 5.74) is 0.421. The van der Waals surface area contributed by atoms with Gasteiger partial charge in [0.15, 0.2) is 17.4 Å². The summed E-state index contributed by atoms with van der Waals surface area (Å²) >= 11 is 0. The van der Waals surface area contributed by atoms with Crippen LogP contribution in [-0.4, -0.2) is 59.8 Å². The number of anilines is 1. The van der Waals surface area contributed by atoms with Gasteiger partial charge in [-0.2, -0.15) is 10.5 Å². The summed E-state index contributed by atoms with van der Waals surface area (Å²) in [6.45, 7) is -0.493. The van der Waals surface area contributed by atoms with Crippen LogP contribution in [-0.2, 0) is 4.74 Å². The highest BCUT2D eigenvalue weighted by molar-refractivity contribution is 5.70. The van der Waals surface area contributed by atoms with Crippen LogP contribution in [0.25, 0.3) is 11.2 Å². The number of aromatic amines is 1. The Labute approximate surface area is 115 Å². The fraction of sp³-hybridized carbons (Fsp3) is 0.500. The molecule has 4 atom stereocenters. The molecule has 1 aliphatic heterocycles. The van der Waals surface area contributed by atoms with Gasteiger partial charge >= 0.3 is 0 Å². The maximum atomic E-state index is 12.4. The van der Waals surface area contributed by atoms with Gasteiger partial charge in [-0.05, 0) is 0 Å². The van der Waals surface area contributed by atoms with Crippen molar-refractivity contribution in [1.82, 2.24) is 19.5 Å². The molecule has 0 unspecified atom stereocenters. The summed E-state index contributed by atoms with van der Waals surface area (Å²) < 4.78 is 18.9. The van der Waals surface area contributed by atoms with Crippen LogP contribution in [0.1, 0.15) is 6.23 Å². The second kappa shape index (κ2) is 5.04. The molecule has 5 N–H and O–H groups in total. The standard InChI is InChI=1S/C10H12FN5O5/c11-15-10-13-7-4(8(20)14-10)12-2-16(7)9-6(19)5(18)3(1-17)21-9/h2-3,5-6,9,17-19H,1H2,(H2,13,14,15,20)/t3-,5-,6+,9-/m1/s1. The molecule has 3 rings (SSSR count). The lowest BCUT2D eigenvalue weighted by molar-refractivity contribution is -0.0511. The third kappa shape index (κ3) is 2.06. The van der Waals surface area contributed by atoms with Crippen molar-refractivity contribution in [2.24, 2.45) is 0 Å². The van der Waals surface area contributed by atoms with Gasteiger partial charge in [-0.1, -0.05) is 0 Å². The van der Waals surface area contributed by atoms with E-state index in [4.69, 9.17) is 9.84 Å². The van der Waals surface area contributed by atoms with Crippen LogP contribution in [0.3, 0.4) is 0 Å². The molecule has 1 fully saturated rings. The highest BCUT2D eigenvalue weighted by atomic mass is 19.2. The molecule has 0 bridgehead atoms. The van der Waals surface area contributed by atoms with E-state index in [9.17, 15) is 19.5 Å². The number of aromatic nitrogens is 4. The van der Waals surface area contributed by atoms with Crippen molar-refractivity contribution in [3.05, 3.63) is 16.7 Å². The Morgan fingerprint density at radius 1 is 1.48 bits per heavy atom. The van der Waals surface area contributed by atoms with Crippen molar-refractivity contribution in [2.75, 3.05) is 12.1 Å². The number of aliphatic hydroxyl groups excluding tert-OH is 3. The number of halogens is 1. The van der Waals surface area contributed by atoms with E-state index >= 15 is 0 Å². The van der Waals surface area contributed by atoms with Gasteiger partial charge in [-0.25, -0.2) is 4.98 Å². The summed E-state index contributed by atoms with van der Waals surface area (Å²) in [6.07, 6.45) is -3.58. The third-order valence-electron chi connectivity index (χ3n) is 3.31. The number of fused-ring (bicyclic) bond motifs is 1. The van der Waals surface area contributed by atoms with E-state index < -0.39 is 42.7 Å². The zero-order valence-electron chi connectivity index (χ0n) is 10.5. The first kappa shape index (κ1) is 13.9. The molecule has 2 aromatic rings. The number of H-pyrrole nitrogens is 1. The third-order valence-corrected chi connectivity index (χ3v) is 3.31. The number of hydrogen-bond acceptors (Lipinski definition) is 8. The molecule has 1 aliphatic rings. The van der Waals surface area contributed by atoms with Crippen LogP contribution >= 0.6 is 0 Å². The average Bonchev–Trinajstić information content (AvgIpc) is 3.02. The van der Waals surface area contributed by atoms with Gasteiger partial charge in [0.1, 0.15) is 18.3 Å². The van der Waals surface area contributed by atoms with Crippen LogP contribution in [0.5, 0.6) is 0 Å². The van der Waals surface area contributed by atoms with Gasteiger partial charge in [0.05, 0.1) is 12.9 Å². The molecular formula is C10H12FN5O5. The zero-order valence-corrected chi connectivity index (χ0v) is 10.5. The lowest BCUT2D eigenvalue weighted by Gasteiger charge is -2.16. The number of ether oxygens (including phenoxy) is 1. The lowest BCUT2D eigenvalue weighted by Crippen LogP contribution is -2.33. The van der Waals surface area contributed by atoms with Crippen LogP contribution < -0.4 is 11.1 Å². The minimum atomic E-state index is -1.36. The van der Waals surface area contributed by atoms with Gasteiger partial charge in [-0.3, -0.25) is 14.3 Å². The molecule has 1 saturated heterocycles. The Morgan fingerprint density at radius 2 is 2.24 bits per heavy atom. The maximum absolute atomic E-state index is 12.4. The van der Waals surface area contributed by atoms with Crippen LogP contribution in [0.15, 0.2) is 11.1 Å². The molecule has 10 nitrogen and oxygen atoms in total. The van der Waals surface area contributed by atoms with Crippen LogP contribution in [0.4, 0.5) is 10.4 Å². The molecule has 2 aromatic heterocycles. The van der Waals surface area contributed by atoms with Crippen molar-refractivity contribution in [1.29, 1.82) is 0 Å². The zero-order chi connectivity index (χ0) is 15.1. The number of aliphatic hydroxyl groups is 3. The highest BCUT2D eigenvalue weighted by Gasteiger charge is 2.44. The van der Waals surface area contributed by atoms with Crippen molar-refractivity contribution >= 4 is 17.1 Å². The summed E-state index contributed by atoms with van der Waals surface area (Å²) in [6, 6.07) is 0. The molecule has 0 aliphatic carbocycles. The SMILES string of the molecule is O=c1[nH]c(NF)nc2c1ncn2[C@@H]1O[C@H](CO)[C@@H](O)[C@@H]1O. The Balaban J connectivity index is 2.09. The number of nitrogens with zero attached hydrogens (tertiary/aromatic N) is 3. The Hall–Kier alpha value is -2.08. The molecule has 0 radical (unpaired) electrons. The smallest absolute Gasteiger partial charge is 0.280 e. The molecule has 114 valence electrons. The summed E-state index contributed by atoms with van der Waals surface area (Å²) in [5, 5.41) is 28.7. The summed E-state index contributed by atoms with van der Waals surface area (Å²) in [5.74, 6) is -0.430. The van der Waals surface area contributed by atoms with Crippen molar-refractivity contribution in [2.45, 2.75) is 24.5 Å². The maximum Gasteiger partial charge on any atom is 0.280 e. The average molecular weight is 301 g/mol. The Morgan fingerprint density at radius 3 is 2.86 bits per heavy atom. The molecule has 0 saturated carbocycles. The predicted octanol–water partition coefficient (Wildman–Crippen LogP) is -1.97. The van der Waals surface area contributed by atoms with Crippen molar-refractivity contribution < 1.29 is 24.5 Å². The fourth-order valence-corrected chi connectivity index (χ4v) is 2.27. The van der Waals surface area contributed by atoms with Crippen LogP contribution in [0, 0.1) is 0 Å².